The molecule has 3 rings (SSSR count). The molecule has 0 bridgehead atoms. The van der Waals surface area contributed by atoms with E-state index in [1.807, 2.05) is 25.1 Å². The van der Waals surface area contributed by atoms with Crippen molar-refractivity contribution >= 4 is 34.7 Å². The van der Waals surface area contributed by atoms with Crippen LogP contribution in [0.25, 0.3) is 0 Å². The standard InChI is InChI=1S/C18H14ClF3N4/c1-11-4-2-6-13(8-11)25-17-23-10-15(18(20,21)22)16(26-17)24-14-7-3-5-12(19)9-14/h2-10H,1H3,(H2,23,24,25,26). The number of hydrogen-bond acceptors (Lipinski definition) is 4. The number of aryl methyl sites for hydroxylation is 1. The van der Waals surface area contributed by atoms with Gasteiger partial charge in [0.2, 0.25) is 5.95 Å². The third-order valence-electron chi connectivity index (χ3n) is 3.46. The van der Waals surface area contributed by atoms with Crippen LogP contribution in [0.1, 0.15) is 11.1 Å². The van der Waals surface area contributed by atoms with Gasteiger partial charge >= 0.3 is 6.18 Å². The summed E-state index contributed by atoms with van der Waals surface area (Å²) in [6.45, 7) is 1.91. The maximum atomic E-state index is 13.3. The molecule has 0 fully saturated rings. The molecule has 0 amide bonds. The SMILES string of the molecule is Cc1cccc(Nc2ncc(C(F)(F)F)c(Nc3cccc(Cl)c3)n2)c1. The van der Waals surface area contributed by atoms with Gasteiger partial charge in [0.25, 0.3) is 0 Å². The summed E-state index contributed by atoms with van der Waals surface area (Å²) in [5, 5.41) is 5.97. The summed E-state index contributed by atoms with van der Waals surface area (Å²) in [5.74, 6) is -0.307. The van der Waals surface area contributed by atoms with Gasteiger partial charge in [0.05, 0.1) is 0 Å². The van der Waals surface area contributed by atoms with Crippen LogP contribution in [-0.2, 0) is 6.18 Å². The first-order valence-electron chi connectivity index (χ1n) is 7.62. The molecule has 8 heteroatoms. The van der Waals surface area contributed by atoms with Crippen molar-refractivity contribution in [2.24, 2.45) is 0 Å². The first-order chi connectivity index (χ1) is 12.3. The topological polar surface area (TPSA) is 49.8 Å². The molecular weight excluding hydrogens is 365 g/mol. The molecule has 0 atom stereocenters. The number of aromatic nitrogens is 2. The highest BCUT2D eigenvalue weighted by atomic mass is 35.5. The zero-order valence-electron chi connectivity index (χ0n) is 13.6. The van der Waals surface area contributed by atoms with E-state index in [0.717, 1.165) is 11.8 Å². The lowest BCUT2D eigenvalue weighted by atomic mass is 10.2. The van der Waals surface area contributed by atoms with E-state index in [0.29, 0.717) is 16.4 Å². The fraction of sp³-hybridized carbons (Fsp3) is 0.111. The Morgan fingerprint density at radius 1 is 0.962 bits per heavy atom. The van der Waals surface area contributed by atoms with E-state index in [1.165, 1.54) is 6.07 Å². The summed E-state index contributed by atoms with van der Waals surface area (Å²) in [6.07, 6.45) is -3.85. The van der Waals surface area contributed by atoms with Gasteiger partial charge in [-0.1, -0.05) is 29.8 Å². The van der Waals surface area contributed by atoms with Crippen molar-refractivity contribution in [3.63, 3.8) is 0 Å². The zero-order chi connectivity index (χ0) is 18.7. The van der Waals surface area contributed by atoms with E-state index in [2.05, 4.69) is 20.6 Å². The molecule has 3 aromatic rings. The Balaban J connectivity index is 1.96. The predicted octanol–water partition coefficient (Wildman–Crippen LogP) is 5.94. The molecule has 0 radical (unpaired) electrons. The molecular formula is C18H14ClF3N4. The van der Waals surface area contributed by atoms with E-state index < -0.39 is 11.7 Å². The minimum Gasteiger partial charge on any atom is -0.340 e. The van der Waals surface area contributed by atoms with Crippen LogP contribution in [0, 0.1) is 6.92 Å². The van der Waals surface area contributed by atoms with E-state index in [1.54, 1.807) is 24.3 Å². The van der Waals surface area contributed by atoms with Gasteiger partial charge in [0.1, 0.15) is 11.4 Å². The minimum absolute atomic E-state index is 0.0492. The molecule has 0 saturated carbocycles. The Labute approximate surface area is 153 Å². The summed E-state index contributed by atoms with van der Waals surface area (Å²) >= 11 is 5.89. The van der Waals surface area contributed by atoms with Gasteiger partial charge in [-0.25, -0.2) is 4.98 Å². The second kappa shape index (κ2) is 7.21. The van der Waals surface area contributed by atoms with Crippen molar-refractivity contribution in [2.75, 3.05) is 10.6 Å². The van der Waals surface area contributed by atoms with E-state index >= 15 is 0 Å². The molecule has 4 nitrogen and oxygen atoms in total. The number of nitrogens with one attached hydrogen (secondary N) is 2. The van der Waals surface area contributed by atoms with E-state index in [4.69, 9.17) is 11.6 Å². The Morgan fingerprint density at radius 3 is 2.31 bits per heavy atom. The summed E-state index contributed by atoms with van der Waals surface area (Å²) in [6, 6.07) is 13.7. The molecule has 0 aliphatic rings. The summed E-state index contributed by atoms with van der Waals surface area (Å²) in [4.78, 5) is 7.77. The van der Waals surface area contributed by atoms with Crippen LogP contribution in [0.4, 0.5) is 36.3 Å². The van der Waals surface area contributed by atoms with Crippen LogP contribution < -0.4 is 10.6 Å². The van der Waals surface area contributed by atoms with Crippen LogP contribution >= 0.6 is 11.6 Å². The summed E-state index contributed by atoms with van der Waals surface area (Å²) in [7, 11) is 0. The van der Waals surface area contributed by atoms with Crippen molar-refractivity contribution in [3.8, 4) is 0 Å². The van der Waals surface area contributed by atoms with Crippen LogP contribution in [-0.4, -0.2) is 9.97 Å². The van der Waals surface area contributed by atoms with Crippen molar-refractivity contribution < 1.29 is 13.2 Å². The number of rotatable bonds is 4. The second-order valence-electron chi connectivity index (χ2n) is 5.58. The average Bonchev–Trinajstić information content (AvgIpc) is 2.54. The highest BCUT2D eigenvalue weighted by molar-refractivity contribution is 6.30. The van der Waals surface area contributed by atoms with Gasteiger partial charge < -0.3 is 10.6 Å². The highest BCUT2D eigenvalue weighted by Gasteiger charge is 2.35. The number of anilines is 4. The van der Waals surface area contributed by atoms with Gasteiger partial charge in [0, 0.05) is 22.6 Å². The van der Waals surface area contributed by atoms with Crippen LogP contribution in [0.15, 0.2) is 54.7 Å². The molecule has 0 saturated heterocycles. The maximum absolute atomic E-state index is 13.3. The van der Waals surface area contributed by atoms with Crippen LogP contribution in [0.3, 0.4) is 0 Å². The molecule has 0 aliphatic heterocycles. The summed E-state index contributed by atoms with van der Waals surface area (Å²) < 4.78 is 39.8. The molecule has 0 spiro atoms. The molecule has 0 unspecified atom stereocenters. The highest BCUT2D eigenvalue weighted by Crippen LogP contribution is 2.35. The molecule has 2 aromatic carbocycles. The Hall–Kier alpha value is -2.80. The lowest BCUT2D eigenvalue weighted by Crippen LogP contribution is -2.12. The molecule has 134 valence electrons. The Bertz CT molecular complexity index is 928. The molecule has 2 N–H and O–H groups in total. The van der Waals surface area contributed by atoms with Gasteiger partial charge in [-0.3, -0.25) is 0 Å². The molecule has 1 aromatic heterocycles. The van der Waals surface area contributed by atoms with Crippen molar-refractivity contribution in [3.05, 3.63) is 70.9 Å². The monoisotopic (exact) mass is 378 g/mol. The minimum atomic E-state index is -4.59. The maximum Gasteiger partial charge on any atom is 0.421 e. The van der Waals surface area contributed by atoms with Gasteiger partial charge in [-0.05, 0) is 42.8 Å². The first kappa shape index (κ1) is 18.0. The largest absolute Gasteiger partial charge is 0.421 e. The lowest BCUT2D eigenvalue weighted by Gasteiger charge is -2.15. The van der Waals surface area contributed by atoms with Crippen LogP contribution in [0.2, 0.25) is 5.02 Å². The second-order valence-corrected chi connectivity index (χ2v) is 6.02. The number of halogens is 4. The Kier molecular flexibility index (Phi) is 4.99. The van der Waals surface area contributed by atoms with Gasteiger partial charge in [0.15, 0.2) is 0 Å². The number of benzene rings is 2. The number of nitrogens with zero attached hydrogens (tertiary/aromatic N) is 2. The van der Waals surface area contributed by atoms with Crippen molar-refractivity contribution in [1.29, 1.82) is 0 Å². The third-order valence-corrected chi connectivity index (χ3v) is 3.69. The van der Waals surface area contributed by atoms with E-state index in [-0.39, 0.29) is 11.8 Å². The fourth-order valence-electron chi connectivity index (χ4n) is 2.30. The predicted molar refractivity (Wildman–Crippen MR) is 96.2 cm³/mol. The molecule has 1 heterocycles. The smallest absolute Gasteiger partial charge is 0.340 e. The summed E-state index contributed by atoms with van der Waals surface area (Å²) in [5.41, 5.74) is 1.10. The lowest BCUT2D eigenvalue weighted by molar-refractivity contribution is -0.137. The quantitative estimate of drug-likeness (QED) is 0.589. The Morgan fingerprint density at radius 2 is 1.65 bits per heavy atom. The normalized spacial score (nSPS) is 11.3. The fourth-order valence-corrected chi connectivity index (χ4v) is 2.49. The first-order valence-corrected chi connectivity index (χ1v) is 7.99. The van der Waals surface area contributed by atoms with Crippen LogP contribution in [0.5, 0.6) is 0 Å². The van der Waals surface area contributed by atoms with E-state index in [9.17, 15) is 13.2 Å². The van der Waals surface area contributed by atoms with Crippen molar-refractivity contribution in [2.45, 2.75) is 13.1 Å². The zero-order valence-corrected chi connectivity index (χ0v) is 14.4. The van der Waals surface area contributed by atoms with Gasteiger partial charge in [-0.15, -0.1) is 0 Å². The van der Waals surface area contributed by atoms with Gasteiger partial charge in [-0.2, -0.15) is 18.2 Å². The number of alkyl halides is 3. The number of hydrogen-bond donors (Lipinski definition) is 2. The third kappa shape index (κ3) is 4.43. The molecule has 26 heavy (non-hydrogen) atoms. The molecule has 0 aliphatic carbocycles. The van der Waals surface area contributed by atoms with Crippen molar-refractivity contribution in [1.82, 2.24) is 9.97 Å². The average molecular weight is 379 g/mol.